The number of rotatable bonds is 6. The Balaban J connectivity index is 1.93. The van der Waals surface area contributed by atoms with E-state index in [-0.39, 0.29) is 23.2 Å². The molecule has 0 atom stereocenters. The fourth-order valence-electron chi connectivity index (χ4n) is 2.21. The molecule has 2 aromatic rings. The number of hydrogen-bond donors (Lipinski definition) is 2. The van der Waals surface area contributed by atoms with Crippen molar-refractivity contribution in [2.24, 2.45) is 0 Å². The van der Waals surface area contributed by atoms with Gasteiger partial charge in [0.25, 0.3) is 5.91 Å². The van der Waals surface area contributed by atoms with Gasteiger partial charge < -0.3 is 14.8 Å². The molecule has 0 bridgehead atoms. The van der Waals surface area contributed by atoms with Crippen molar-refractivity contribution in [1.82, 2.24) is 5.32 Å². The summed E-state index contributed by atoms with van der Waals surface area (Å²) in [6.07, 6.45) is 0.168. The second-order valence-corrected chi connectivity index (χ2v) is 6.70. The van der Waals surface area contributed by atoms with Crippen LogP contribution in [0.15, 0.2) is 48.5 Å². The van der Waals surface area contributed by atoms with Crippen LogP contribution in [0.3, 0.4) is 0 Å². The third-order valence-electron chi connectivity index (χ3n) is 3.18. The number of carbonyl (C=O) groups is 1. The minimum Gasteiger partial charge on any atom is -0.491 e. The molecule has 0 fully saturated rings. The minimum absolute atomic E-state index is 0.0829. The number of nitrogens with one attached hydrogen (secondary N) is 2. The number of anilines is 1. The van der Waals surface area contributed by atoms with E-state index in [0.29, 0.717) is 5.56 Å². The third-order valence-corrected chi connectivity index (χ3v) is 3.38. The highest BCUT2D eigenvalue weighted by atomic mass is 32.1. The van der Waals surface area contributed by atoms with Crippen LogP contribution in [-0.4, -0.2) is 23.2 Å². The van der Waals surface area contributed by atoms with E-state index in [4.69, 9.17) is 21.7 Å². The van der Waals surface area contributed by atoms with E-state index in [2.05, 4.69) is 10.6 Å². The zero-order valence-electron chi connectivity index (χ0n) is 15.4. The summed E-state index contributed by atoms with van der Waals surface area (Å²) in [5, 5.41) is 5.87. The number of ether oxygens (including phenoxy) is 2. The summed E-state index contributed by atoms with van der Waals surface area (Å²) in [5.41, 5.74) is 1.25. The van der Waals surface area contributed by atoms with E-state index < -0.39 is 0 Å². The molecule has 0 saturated heterocycles. The molecule has 0 unspecified atom stereocenters. The average Bonchev–Trinajstić information content (AvgIpc) is 2.54. The summed E-state index contributed by atoms with van der Waals surface area (Å²) in [4.78, 5) is 12.3. The van der Waals surface area contributed by atoms with E-state index >= 15 is 0 Å². The molecule has 26 heavy (non-hydrogen) atoms. The fraction of sp³-hybridized carbons (Fsp3) is 0.300. The number of hydrogen-bond acceptors (Lipinski definition) is 4. The van der Waals surface area contributed by atoms with Crippen molar-refractivity contribution in [1.29, 1.82) is 0 Å². The third kappa shape index (κ3) is 6.37. The lowest BCUT2D eigenvalue weighted by Crippen LogP contribution is -2.34. The van der Waals surface area contributed by atoms with Crippen LogP contribution in [0, 0.1) is 0 Å². The second-order valence-electron chi connectivity index (χ2n) is 6.29. The second kappa shape index (κ2) is 9.20. The monoisotopic (exact) mass is 372 g/mol. The van der Waals surface area contributed by atoms with E-state index in [0.717, 1.165) is 17.2 Å². The molecule has 0 radical (unpaired) electrons. The van der Waals surface area contributed by atoms with Crippen LogP contribution < -0.4 is 20.1 Å². The summed E-state index contributed by atoms with van der Waals surface area (Å²) < 4.78 is 11.2. The van der Waals surface area contributed by atoms with Crippen LogP contribution in [0.4, 0.5) is 5.69 Å². The number of thiocarbonyl (C=S) groups is 1. The first-order chi connectivity index (χ1) is 12.3. The molecule has 5 nitrogen and oxygen atoms in total. The highest BCUT2D eigenvalue weighted by Crippen LogP contribution is 2.18. The van der Waals surface area contributed by atoms with Crippen molar-refractivity contribution < 1.29 is 14.3 Å². The van der Waals surface area contributed by atoms with Gasteiger partial charge in [0.1, 0.15) is 11.5 Å². The molecule has 2 aromatic carbocycles. The lowest BCUT2D eigenvalue weighted by atomic mass is 10.2. The smallest absolute Gasteiger partial charge is 0.257 e. The molecule has 0 aliphatic heterocycles. The van der Waals surface area contributed by atoms with E-state index in [1.165, 1.54) is 0 Å². The molecule has 0 heterocycles. The van der Waals surface area contributed by atoms with E-state index in [1.807, 2.05) is 52.0 Å². The Labute approximate surface area is 159 Å². The van der Waals surface area contributed by atoms with Crippen LogP contribution in [0.25, 0.3) is 0 Å². The zero-order chi connectivity index (χ0) is 19.1. The highest BCUT2D eigenvalue weighted by Gasteiger charge is 2.09. The Bertz CT molecular complexity index is 758. The molecular weight excluding hydrogens is 348 g/mol. The predicted octanol–water partition coefficient (Wildman–Crippen LogP) is 4.39. The van der Waals surface area contributed by atoms with Gasteiger partial charge in [0.2, 0.25) is 0 Å². The Morgan fingerprint density at radius 1 is 0.923 bits per heavy atom. The van der Waals surface area contributed by atoms with Gasteiger partial charge in [-0.1, -0.05) is 6.07 Å². The SMILES string of the molecule is CC(C)Oc1ccc(C(=O)NC(=S)Nc2cccc(OC(C)C)c2)cc1. The van der Waals surface area contributed by atoms with Gasteiger partial charge >= 0.3 is 0 Å². The van der Waals surface area contributed by atoms with Gasteiger partial charge in [0.05, 0.1) is 12.2 Å². The molecule has 2 N–H and O–H groups in total. The molecule has 6 heteroatoms. The van der Waals surface area contributed by atoms with Crippen LogP contribution >= 0.6 is 12.2 Å². The molecule has 0 aliphatic carbocycles. The Morgan fingerprint density at radius 2 is 1.54 bits per heavy atom. The summed E-state index contributed by atoms with van der Waals surface area (Å²) in [6.45, 7) is 7.82. The van der Waals surface area contributed by atoms with Crippen LogP contribution in [0.5, 0.6) is 11.5 Å². The summed E-state index contributed by atoms with van der Waals surface area (Å²) in [6, 6.07) is 14.3. The lowest BCUT2D eigenvalue weighted by Gasteiger charge is -2.13. The van der Waals surface area contributed by atoms with Crippen molar-refractivity contribution >= 4 is 28.9 Å². The van der Waals surface area contributed by atoms with Gasteiger partial charge in [-0.25, -0.2) is 0 Å². The van der Waals surface area contributed by atoms with Crippen molar-refractivity contribution in [3.05, 3.63) is 54.1 Å². The molecule has 138 valence electrons. The first kappa shape index (κ1) is 19.7. The molecule has 0 saturated carbocycles. The standard InChI is InChI=1S/C20H24N2O3S/c1-13(2)24-17-10-8-15(9-11-17)19(23)22-20(26)21-16-6-5-7-18(12-16)25-14(3)4/h5-14H,1-4H3,(H2,21,22,23,26). The first-order valence-corrected chi connectivity index (χ1v) is 8.90. The maximum Gasteiger partial charge on any atom is 0.257 e. The Hall–Kier alpha value is -2.60. The fourth-order valence-corrected chi connectivity index (χ4v) is 2.42. The van der Waals surface area contributed by atoms with Gasteiger partial charge in [0, 0.05) is 17.3 Å². The number of carbonyl (C=O) groups excluding carboxylic acids is 1. The first-order valence-electron chi connectivity index (χ1n) is 8.49. The van der Waals surface area contributed by atoms with Crippen molar-refractivity contribution in [2.45, 2.75) is 39.9 Å². The normalized spacial score (nSPS) is 10.5. The maximum absolute atomic E-state index is 12.3. The van der Waals surface area contributed by atoms with Gasteiger partial charge in [-0.3, -0.25) is 10.1 Å². The van der Waals surface area contributed by atoms with Crippen LogP contribution in [0.1, 0.15) is 38.1 Å². The summed E-state index contributed by atoms with van der Waals surface area (Å²) >= 11 is 5.22. The topological polar surface area (TPSA) is 59.6 Å². The zero-order valence-corrected chi connectivity index (χ0v) is 16.2. The van der Waals surface area contributed by atoms with Crippen molar-refractivity contribution in [3.8, 4) is 11.5 Å². The van der Waals surface area contributed by atoms with Gasteiger partial charge in [0.15, 0.2) is 5.11 Å². The number of amides is 1. The molecule has 0 aliphatic rings. The predicted molar refractivity (Wildman–Crippen MR) is 108 cm³/mol. The Kier molecular flexibility index (Phi) is 6.97. The lowest BCUT2D eigenvalue weighted by molar-refractivity contribution is 0.0977. The summed E-state index contributed by atoms with van der Waals surface area (Å²) in [7, 11) is 0. The van der Waals surface area contributed by atoms with E-state index in [1.54, 1.807) is 24.3 Å². The van der Waals surface area contributed by atoms with Gasteiger partial charge in [-0.15, -0.1) is 0 Å². The van der Waals surface area contributed by atoms with Gasteiger partial charge in [-0.2, -0.15) is 0 Å². The minimum atomic E-state index is -0.284. The van der Waals surface area contributed by atoms with E-state index in [9.17, 15) is 4.79 Å². The van der Waals surface area contributed by atoms with Crippen molar-refractivity contribution in [2.75, 3.05) is 5.32 Å². The number of benzene rings is 2. The largest absolute Gasteiger partial charge is 0.491 e. The highest BCUT2D eigenvalue weighted by molar-refractivity contribution is 7.80. The average molecular weight is 372 g/mol. The maximum atomic E-state index is 12.3. The molecule has 1 amide bonds. The molecule has 0 aromatic heterocycles. The quantitative estimate of drug-likeness (QED) is 0.737. The van der Waals surface area contributed by atoms with Crippen molar-refractivity contribution in [3.63, 3.8) is 0 Å². The molecular formula is C20H24N2O3S. The van der Waals surface area contributed by atoms with Gasteiger partial charge in [-0.05, 0) is 76.3 Å². The van der Waals surface area contributed by atoms with Crippen LogP contribution in [-0.2, 0) is 0 Å². The molecule has 0 spiro atoms. The Morgan fingerprint density at radius 3 is 2.15 bits per heavy atom. The van der Waals surface area contributed by atoms with Crippen LogP contribution in [0.2, 0.25) is 0 Å². The molecule has 2 rings (SSSR count). The summed E-state index contributed by atoms with van der Waals surface area (Å²) in [5.74, 6) is 1.17.